The Bertz CT molecular complexity index is 352. The van der Waals surface area contributed by atoms with E-state index in [-0.39, 0.29) is 23.3 Å². The minimum atomic E-state index is -2.85. The summed E-state index contributed by atoms with van der Waals surface area (Å²) in [4.78, 5) is 13.4. The van der Waals surface area contributed by atoms with E-state index in [4.69, 9.17) is 0 Å². The molecular formula is C9H16N2O3S. The zero-order chi connectivity index (χ0) is 10.9. The molecule has 2 aliphatic heterocycles. The summed E-state index contributed by atoms with van der Waals surface area (Å²) >= 11 is 0. The predicted octanol–water partition coefficient (Wildman–Crippen LogP) is -1.35. The maximum Gasteiger partial charge on any atom is 0.160 e. The first-order valence-corrected chi connectivity index (χ1v) is 7.06. The second-order valence-electron chi connectivity index (χ2n) is 4.24. The van der Waals surface area contributed by atoms with Gasteiger partial charge in [0, 0.05) is 19.1 Å². The number of hydrogen-bond donors (Lipinski definition) is 1. The molecule has 0 amide bonds. The average Bonchev–Trinajstić information content (AvgIpc) is 2.39. The van der Waals surface area contributed by atoms with Crippen LogP contribution in [-0.4, -0.2) is 62.8 Å². The zero-order valence-electron chi connectivity index (χ0n) is 8.61. The maximum atomic E-state index is 11.4. The summed E-state index contributed by atoms with van der Waals surface area (Å²) in [5, 5.41) is 3.03. The molecule has 0 spiro atoms. The first-order chi connectivity index (χ1) is 7.07. The number of ketones is 1. The molecule has 1 atom stereocenters. The van der Waals surface area contributed by atoms with E-state index >= 15 is 0 Å². The predicted molar refractivity (Wildman–Crippen MR) is 56.5 cm³/mol. The standard InChI is InChI=1S/C9H16N2O3S/c12-9-5-10-2-3-11(6-9)8-1-4-15(13,14)7-8/h8,10H,1-7H2. The third kappa shape index (κ3) is 2.76. The molecule has 1 N–H and O–H groups in total. The molecule has 1 unspecified atom stereocenters. The summed E-state index contributed by atoms with van der Waals surface area (Å²) in [7, 11) is -2.85. The number of carbonyl (C=O) groups is 1. The van der Waals surface area contributed by atoms with Crippen LogP contribution in [0.3, 0.4) is 0 Å². The van der Waals surface area contributed by atoms with E-state index in [0.717, 1.165) is 13.1 Å². The molecule has 2 rings (SSSR count). The Morgan fingerprint density at radius 2 is 2.20 bits per heavy atom. The van der Waals surface area contributed by atoms with Crippen LogP contribution in [0.2, 0.25) is 0 Å². The molecule has 0 saturated carbocycles. The Balaban J connectivity index is 2.01. The van der Waals surface area contributed by atoms with Gasteiger partial charge < -0.3 is 5.32 Å². The minimum absolute atomic E-state index is 0.0545. The van der Waals surface area contributed by atoms with Crippen molar-refractivity contribution in [3.05, 3.63) is 0 Å². The molecule has 2 saturated heterocycles. The lowest BCUT2D eigenvalue weighted by Gasteiger charge is -2.24. The third-order valence-corrected chi connectivity index (χ3v) is 4.75. The normalized spacial score (nSPS) is 32.8. The van der Waals surface area contributed by atoms with E-state index in [1.165, 1.54) is 0 Å². The van der Waals surface area contributed by atoms with Gasteiger partial charge in [0.15, 0.2) is 15.6 Å². The monoisotopic (exact) mass is 232 g/mol. The summed E-state index contributed by atoms with van der Waals surface area (Å²) in [6.45, 7) is 2.34. The second kappa shape index (κ2) is 4.19. The quantitative estimate of drug-likeness (QED) is 0.605. The van der Waals surface area contributed by atoms with E-state index in [0.29, 0.717) is 19.5 Å². The average molecular weight is 232 g/mol. The first kappa shape index (κ1) is 11.0. The topological polar surface area (TPSA) is 66.5 Å². The number of sulfone groups is 1. The molecule has 0 aromatic carbocycles. The Hall–Kier alpha value is -0.460. The number of carbonyl (C=O) groups excluding carboxylic acids is 1. The molecule has 2 aliphatic rings. The van der Waals surface area contributed by atoms with Gasteiger partial charge in [-0.25, -0.2) is 8.42 Å². The van der Waals surface area contributed by atoms with E-state index in [9.17, 15) is 13.2 Å². The fourth-order valence-electron chi connectivity index (χ4n) is 2.19. The van der Waals surface area contributed by atoms with Gasteiger partial charge in [0.05, 0.1) is 24.6 Å². The summed E-state index contributed by atoms with van der Waals surface area (Å²) < 4.78 is 22.6. The molecule has 6 heteroatoms. The van der Waals surface area contributed by atoms with Crippen molar-refractivity contribution in [2.24, 2.45) is 0 Å². The van der Waals surface area contributed by atoms with Gasteiger partial charge in [-0.3, -0.25) is 9.69 Å². The molecule has 2 heterocycles. The molecule has 0 aromatic heterocycles. The molecule has 0 aliphatic carbocycles. The second-order valence-corrected chi connectivity index (χ2v) is 6.47. The van der Waals surface area contributed by atoms with Crippen LogP contribution in [0.5, 0.6) is 0 Å². The van der Waals surface area contributed by atoms with E-state index in [2.05, 4.69) is 5.32 Å². The fraction of sp³-hybridized carbons (Fsp3) is 0.889. The molecule has 15 heavy (non-hydrogen) atoms. The Kier molecular flexibility index (Phi) is 3.08. The number of rotatable bonds is 1. The largest absolute Gasteiger partial charge is 0.309 e. The van der Waals surface area contributed by atoms with E-state index in [1.54, 1.807) is 0 Å². The van der Waals surface area contributed by atoms with Crippen molar-refractivity contribution in [2.75, 3.05) is 37.7 Å². The highest BCUT2D eigenvalue weighted by Crippen LogP contribution is 2.17. The Morgan fingerprint density at radius 3 is 2.87 bits per heavy atom. The van der Waals surface area contributed by atoms with Gasteiger partial charge in [0.2, 0.25) is 0 Å². The van der Waals surface area contributed by atoms with Crippen molar-refractivity contribution in [1.82, 2.24) is 10.2 Å². The van der Waals surface area contributed by atoms with Crippen LogP contribution < -0.4 is 5.32 Å². The number of Topliss-reactive ketones (excluding diaryl/α,β-unsaturated/α-hetero) is 1. The Labute approximate surface area is 89.7 Å². The maximum absolute atomic E-state index is 11.4. The highest BCUT2D eigenvalue weighted by molar-refractivity contribution is 7.91. The van der Waals surface area contributed by atoms with Crippen LogP contribution in [0.4, 0.5) is 0 Å². The summed E-state index contributed by atoms with van der Waals surface area (Å²) in [6, 6.07) is 0.0545. The summed E-state index contributed by atoms with van der Waals surface area (Å²) in [5.41, 5.74) is 0. The summed E-state index contributed by atoms with van der Waals surface area (Å²) in [6.07, 6.45) is 0.676. The molecular weight excluding hydrogens is 216 g/mol. The van der Waals surface area contributed by atoms with Gasteiger partial charge in [0.25, 0.3) is 0 Å². The van der Waals surface area contributed by atoms with E-state index in [1.807, 2.05) is 4.90 Å². The van der Waals surface area contributed by atoms with Crippen LogP contribution in [0, 0.1) is 0 Å². The SMILES string of the molecule is O=C1CNCCN(C2CCS(=O)(=O)C2)C1. The molecule has 86 valence electrons. The number of nitrogens with one attached hydrogen (secondary N) is 1. The highest BCUT2D eigenvalue weighted by Gasteiger charge is 2.33. The molecule has 2 fully saturated rings. The Morgan fingerprint density at radius 1 is 1.40 bits per heavy atom. The van der Waals surface area contributed by atoms with Crippen molar-refractivity contribution in [3.8, 4) is 0 Å². The van der Waals surface area contributed by atoms with Crippen LogP contribution in [0.1, 0.15) is 6.42 Å². The molecule has 0 bridgehead atoms. The minimum Gasteiger partial charge on any atom is -0.309 e. The van der Waals surface area contributed by atoms with Gasteiger partial charge >= 0.3 is 0 Å². The van der Waals surface area contributed by atoms with Crippen LogP contribution >= 0.6 is 0 Å². The van der Waals surface area contributed by atoms with Crippen molar-refractivity contribution in [2.45, 2.75) is 12.5 Å². The lowest BCUT2D eigenvalue weighted by Crippen LogP contribution is -2.40. The van der Waals surface area contributed by atoms with Gasteiger partial charge in [-0.2, -0.15) is 0 Å². The van der Waals surface area contributed by atoms with Crippen LogP contribution in [0.25, 0.3) is 0 Å². The summed E-state index contributed by atoms with van der Waals surface area (Å²) in [5.74, 6) is 0.646. The van der Waals surface area contributed by atoms with Crippen molar-refractivity contribution in [3.63, 3.8) is 0 Å². The molecule has 0 aromatic rings. The van der Waals surface area contributed by atoms with Crippen LogP contribution in [-0.2, 0) is 14.6 Å². The third-order valence-electron chi connectivity index (χ3n) is 3.00. The van der Waals surface area contributed by atoms with Crippen molar-refractivity contribution < 1.29 is 13.2 Å². The van der Waals surface area contributed by atoms with Gasteiger partial charge in [-0.05, 0) is 6.42 Å². The van der Waals surface area contributed by atoms with Crippen LogP contribution in [0.15, 0.2) is 0 Å². The lowest BCUT2D eigenvalue weighted by atomic mass is 10.2. The van der Waals surface area contributed by atoms with Gasteiger partial charge in [-0.1, -0.05) is 0 Å². The first-order valence-electron chi connectivity index (χ1n) is 5.24. The lowest BCUT2D eigenvalue weighted by molar-refractivity contribution is -0.119. The smallest absolute Gasteiger partial charge is 0.160 e. The number of hydrogen-bond acceptors (Lipinski definition) is 5. The van der Waals surface area contributed by atoms with Crippen molar-refractivity contribution >= 4 is 15.6 Å². The van der Waals surface area contributed by atoms with Gasteiger partial charge in [0.1, 0.15) is 0 Å². The highest BCUT2D eigenvalue weighted by atomic mass is 32.2. The molecule has 5 nitrogen and oxygen atoms in total. The van der Waals surface area contributed by atoms with E-state index < -0.39 is 9.84 Å². The number of nitrogens with zero attached hydrogens (tertiary/aromatic N) is 1. The molecule has 0 radical (unpaired) electrons. The fourth-order valence-corrected chi connectivity index (χ4v) is 3.95. The van der Waals surface area contributed by atoms with Gasteiger partial charge in [-0.15, -0.1) is 0 Å². The zero-order valence-corrected chi connectivity index (χ0v) is 9.42. The van der Waals surface area contributed by atoms with Crippen molar-refractivity contribution in [1.29, 1.82) is 0 Å².